The fourth-order valence-corrected chi connectivity index (χ4v) is 5.27. The average Bonchev–Trinajstić information content (AvgIpc) is 2.86. The number of rotatable bonds is 8. The van der Waals surface area contributed by atoms with Gasteiger partial charge in [0.1, 0.15) is 0 Å². The standard InChI is InChI=1S/C26H28Cl2N4O4S/c1-18-3-9-22(17-25(18)29-36-26(33)16-19-4-10-23(27)24(28)15-19)37(34,35)30-20-5-7-21(8-6-20)32-13-11-31(2)12-14-32/h3-10,15,17,29-30H,11-14,16H2,1-2H3. The van der Waals surface area contributed by atoms with Gasteiger partial charge in [-0.05, 0) is 73.6 Å². The molecule has 1 heterocycles. The lowest BCUT2D eigenvalue weighted by Gasteiger charge is -2.34. The minimum Gasteiger partial charge on any atom is -0.369 e. The van der Waals surface area contributed by atoms with Crippen LogP contribution >= 0.6 is 23.2 Å². The number of aryl methyl sites for hydroxylation is 1. The molecule has 196 valence electrons. The van der Waals surface area contributed by atoms with E-state index in [9.17, 15) is 13.2 Å². The van der Waals surface area contributed by atoms with E-state index in [-0.39, 0.29) is 11.3 Å². The van der Waals surface area contributed by atoms with Crippen molar-refractivity contribution >= 4 is 56.3 Å². The number of sulfonamides is 1. The maximum absolute atomic E-state index is 13.0. The van der Waals surface area contributed by atoms with E-state index >= 15 is 0 Å². The Bertz CT molecular complexity index is 1380. The molecule has 0 bridgehead atoms. The van der Waals surface area contributed by atoms with Crippen LogP contribution in [-0.4, -0.2) is 52.5 Å². The Morgan fingerprint density at radius 1 is 0.946 bits per heavy atom. The molecule has 11 heteroatoms. The summed E-state index contributed by atoms with van der Waals surface area (Å²) in [5.74, 6) is -0.565. The number of nitrogens with zero attached hydrogens (tertiary/aromatic N) is 2. The molecule has 2 N–H and O–H groups in total. The van der Waals surface area contributed by atoms with Crippen molar-refractivity contribution in [3.8, 4) is 0 Å². The Labute approximate surface area is 227 Å². The van der Waals surface area contributed by atoms with Gasteiger partial charge in [-0.25, -0.2) is 18.7 Å². The maximum Gasteiger partial charge on any atom is 0.336 e. The zero-order chi connectivity index (χ0) is 26.6. The van der Waals surface area contributed by atoms with E-state index in [0.29, 0.717) is 32.5 Å². The Hall–Kier alpha value is -2.98. The zero-order valence-corrected chi connectivity index (χ0v) is 22.8. The fourth-order valence-electron chi connectivity index (χ4n) is 3.86. The number of carbonyl (C=O) groups excluding carboxylic acids is 1. The fraction of sp³-hybridized carbons (Fsp3) is 0.269. The van der Waals surface area contributed by atoms with E-state index < -0.39 is 16.0 Å². The van der Waals surface area contributed by atoms with Gasteiger partial charge >= 0.3 is 5.97 Å². The number of likely N-dealkylation sites (N-methyl/N-ethyl adjacent to an activating group) is 1. The van der Waals surface area contributed by atoms with Crippen LogP contribution in [0.25, 0.3) is 0 Å². The average molecular weight is 564 g/mol. The van der Waals surface area contributed by atoms with Gasteiger partial charge in [-0.1, -0.05) is 35.3 Å². The summed E-state index contributed by atoms with van der Waals surface area (Å²) in [5, 5.41) is 0.736. The van der Waals surface area contributed by atoms with E-state index in [4.69, 9.17) is 28.0 Å². The van der Waals surface area contributed by atoms with Gasteiger partial charge in [-0.15, -0.1) is 0 Å². The molecule has 1 aliphatic heterocycles. The second-order valence-electron chi connectivity index (χ2n) is 8.92. The largest absolute Gasteiger partial charge is 0.369 e. The first-order valence-electron chi connectivity index (χ1n) is 11.7. The van der Waals surface area contributed by atoms with Crippen molar-refractivity contribution in [3.63, 3.8) is 0 Å². The van der Waals surface area contributed by atoms with Crippen LogP contribution in [-0.2, 0) is 26.1 Å². The molecule has 4 rings (SSSR count). The lowest BCUT2D eigenvalue weighted by atomic mass is 10.1. The Morgan fingerprint density at radius 3 is 2.32 bits per heavy atom. The van der Waals surface area contributed by atoms with Crippen LogP contribution in [0.4, 0.5) is 17.1 Å². The van der Waals surface area contributed by atoms with Crippen LogP contribution in [0.3, 0.4) is 0 Å². The van der Waals surface area contributed by atoms with E-state index in [1.54, 1.807) is 43.3 Å². The molecule has 0 saturated carbocycles. The summed E-state index contributed by atoms with van der Waals surface area (Å²) < 4.78 is 28.7. The minimum atomic E-state index is -3.87. The quantitative estimate of drug-likeness (QED) is 0.374. The first-order valence-corrected chi connectivity index (χ1v) is 13.9. The Morgan fingerprint density at radius 2 is 1.65 bits per heavy atom. The van der Waals surface area contributed by atoms with Crippen molar-refractivity contribution in [2.45, 2.75) is 18.2 Å². The molecule has 0 spiro atoms. The highest BCUT2D eigenvalue weighted by Gasteiger charge is 2.18. The highest BCUT2D eigenvalue weighted by atomic mass is 35.5. The molecule has 1 saturated heterocycles. The van der Waals surface area contributed by atoms with Gasteiger partial charge in [0.15, 0.2) is 0 Å². The highest BCUT2D eigenvalue weighted by molar-refractivity contribution is 7.92. The normalized spacial score (nSPS) is 14.3. The van der Waals surface area contributed by atoms with Crippen LogP contribution in [0.1, 0.15) is 11.1 Å². The smallest absolute Gasteiger partial charge is 0.336 e. The number of benzene rings is 3. The van der Waals surface area contributed by atoms with Crippen LogP contribution in [0.2, 0.25) is 10.0 Å². The summed E-state index contributed by atoms with van der Waals surface area (Å²) >= 11 is 11.9. The molecule has 3 aromatic rings. The molecule has 37 heavy (non-hydrogen) atoms. The lowest BCUT2D eigenvalue weighted by Crippen LogP contribution is -2.44. The van der Waals surface area contributed by atoms with Crippen molar-refractivity contribution in [2.24, 2.45) is 0 Å². The second-order valence-corrected chi connectivity index (χ2v) is 11.4. The van der Waals surface area contributed by atoms with Crippen molar-refractivity contribution in [3.05, 3.63) is 81.8 Å². The molecule has 0 aromatic heterocycles. The summed E-state index contributed by atoms with van der Waals surface area (Å²) in [6.45, 7) is 5.61. The molecule has 1 fully saturated rings. The van der Waals surface area contributed by atoms with Crippen molar-refractivity contribution < 1.29 is 18.0 Å². The summed E-state index contributed by atoms with van der Waals surface area (Å²) in [6.07, 6.45) is -0.0351. The number of piperazine rings is 1. The molecule has 0 unspecified atom stereocenters. The van der Waals surface area contributed by atoms with Gasteiger partial charge < -0.3 is 14.6 Å². The van der Waals surface area contributed by atoms with Crippen LogP contribution in [0.15, 0.2) is 65.6 Å². The molecule has 1 aliphatic rings. The second kappa shape index (κ2) is 11.6. The third-order valence-corrected chi connectivity index (χ3v) is 8.23. The lowest BCUT2D eigenvalue weighted by molar-refractivity contribution is -0.139. The zero-order valence-electron chi connectivity index (χ0n) is 20.5. The predicted molar refractivity (Wildman–Crippen MR) is 148 cm³/mol. The monoisotopic (exact) mass is 562 g/mol. The van der Waals surface area contributed by atoms with E-state index in [0.717, 1.165) is 31.9 Å². The molecule has 0 aliphatic carbocycles. The molecule has 3 aromatic carbocycles. The van der Waals surface area contributed by atoms with Gasteiger partial charge in [0.2, 0.25) is 0 Å². The van der Waals surface area contributed by atoms with Gasteiger partial charge in [-0.2, -0.15) is 0 Å². The summed E-state index contributed by atoms with van der Waals surface area (Å²) in [6, 6.07) is 16.8. The van der Waals surface area contributed by atoms with Gasteiger partial charge in [0.25, 0.3) is 10.0 Å². The van der Waals surface area contributed by atoms with Gasteiger partial charge in [0.05, 0.1) is 27.0 Å². The summed E-state index contributed by atoms with van der Waals surface area (Å²) in [7, 11) is -1.77. The first-order chi connectivity index (χ1) is 17.6. The van der Waals surface area contributed by atoms with E-state index in [1.165, 1.54) is 12.1 Å². The highest BCUT2D eigenvalue weighted by Crippen LogP contribution is 2.25. The summed E-state index contributed by atoms with van der Waals surface area (Å²) in [4.78, 5) is 22.0. The van der Waals surface area contributed by atoms with Crippen LogP contribution < -0.4 is 15.1 Å². The third kappa shape index (κ3) is 7.07. The van der Waals surface area contributed by atoms with Crippen molar-refractivity contribution in [1.29, 1.82) is 0 Å². The van der Waals surface area contributed by atoms with E-state index in [1.807, 2.05) is 12.1 Å². The first kappa shape index (κ1) is 27.1. The number of halogens is 2. The maximum atomic E-state index is 13.0. The Kier molecular flexibility index (Phi) is 8.49. The molecule has 0 radical (unpaired) electrons. The van der Waals surface area contributed by atoms with Gasteiger partial charge in [0, 0.05) is 37.6 Å². The van der Waals surface area contributed by atoms with Crippen molar-refractivity contribution in [2.75, 3.05) is 48.3 Å². The molecule has 0 atom stereocenters. The number of anilines is 3. The molecule has 0 amide bonds. The van der Waals surface area contributed by atoms with Crippen molar-refractivity contribution in [1.82, 2.24) is 4.90 Å². The number of nitrogens with one attached hydrogen (secondary N) is 2. The SMILES string of the molecule is Cc1ccc(S(=O)(=O)Nc2ccc(N3CCN(C)CC3)cc2)cc1NOC(=O)Cc1ccc(Cl)c(Cl)c1. The third-order valence-electron chi connectivity index (χ3n) is 6.11. The Balaban J connectivity index is 1.39. The number of carbonyl (C=O) groups is 1. The number of hydrogen-bond acceptors (Lipinski definition) is 7. The minimum absolute atomic E-state index is 0.0317. The topological polar surface area (TPSA) is 91.0 Å². The van der Waals surface area contributed by atoms with Crippen LogP contribution in [0, 0.1) is 6.92 Å². The van der Waals surface area contributed by atoms with Crippen LogP contribution in [0.5, 0.6) is 0 Å². The number of hydrogen-bond donors (Lipinski definition) is 2. The molecular formula is C26H28Cl2N4O4S. The molecule has 8 nitrogen and oxygen atoms in total. The predicted octanol–water partition coefficient (Wildman–Crippen LogP) is 4.97. The van der Waals surface area contributed by atoms with E-state index in [2.05, 4.69) is 27.0 Å². The molecular weight excluding hydrogens is 535 g/mol. The summed E-state index contributed by atoms with van der Waals surface area (Å²) in [5.41, 5.74) is 5.79. The van der Waals surface area contributed by atoms with Gasteiger partial charge in [-0.3, -0.25) is 4.72 Å².